The van der Waals surface area contributed by atoms with Gasteiger partial charge in [-0.1, -0.05) is 5.57 Å². The largest absolute Gasteiger partial charge is 0.463 e. The van der Waals surface area contributed by atoms with Gasteiger partial charge in [-0.25, -0.2) is 4.79 Å². The normalized spacial score (nSPS) is 10.9. The Morgan fingerprint density at radius 2 is 1.85 bits per heavy atom. The van der Waals surface area contributed by atoms with Gasteiger partial charge >= 0.3 is 5.97 Å². The summed E-state index contributed by atoms with van der Waals surface area (Å²) in [4.78, 5) is 11.4. The summed E-state index contributed by atoms with van der Waals surface area (Å²) < 4.78 is 4.84. The van der Waals surface area contributed by atoms with Crippen LogP contribution in [0.1, 0.15) is 34.6 Å². The zero-order valence-corrected chi connectivity index (χ0v) is 8.97. The molecule has 3 nitrogen and oxygen atoms in total. The van der Waals surface area contributed by atoms with E-state index in [1.165, 1.54) is 0 Å². The highest BCUT2D eigenvalue weighted by Crippen LogP contribution is 2.20. The second kappa shape index (κ2) is 4.42. The van der Waals surface area contributed by atoms with Crippen LogP contribution in [0.3, 0.4) is 0 Å². The molecule has 1 N–H and O–H groups in total. The van der Waals surface area contributed by atoms with Crippen molar-refractivity contribution < 1.29 is 14.6 Å². The van der Waals surface area contributed by atoms with Crippen LogP contribution in [0.5, 0.6) is 0 Å². The van der Waals surface area contributed by atoms with Gasteiger partial charge in [0.2, 0.25) is 0 Å². The second-order valence-corrected chi connectivity index (χ2v) is 3.65. The molecule has 0 bridgehead atoms. The van der Waals surface area contributed by atoms with E-state index in [4.69, 9.17) is 4.74 Å². The van der Waals surface area contributed by atoms with Gasteiger partial charge in [-0.3, -0.25) is 0 Å². The van der Waals surface area contributed by atoms with Crippen LogP contribution in [0.25, 0.3) is 0 Å². The predicted octanol–water partition coefficient (Wildman–Crippen LogP) is 1.66. The molecule has 0 aliphatic rings. The molecule has 0 aliphatic carbocycles. The summed E-state index contributed by atoms with van der Waals surface area (Å²) in [6.07, 6.45) is 0. The van der Waals surface area contributed by atoms with Crippen LogP contribution in [0.15, 0.2) is 11.1 Å². The van der Waals surface area contributed by atoms with Crippen LogP contribution < -0.4 is 0 Å². The molecular weight excluding hydrogens is 168 g/mol. The van der Waals surface area contributed by atoms with E-state index in [0.717, 1.165) is 5.57 Å². The van der Waals surface area contributed by atoms with E-state index in [0.29, 0.717) is 12.2 Å². The Bertz CT molecular complexity index is 217. The number of esters is 1. The minimum Gasteiger partial charge on any atom is -0.463 e. The second-order valence-electron chi connectivity index (χ2n) is 3.65. The first-order valence-corrected chi connectivity index (χ1v) is 4.38. The van der Waals surface area contributed by atoms with E-state index in [1.807, 2.05) is 0 Å². The van der Waals surface area contributed by atoms with Crippen molar-refractivity contribution in [3.63, 3.8) is 0 Å². The Hall–Kier alpha value is -0.830. The van der Waals surface area contributed by atoms with Crippen LogP contribution in [0.2, 0.25) is 0 Å². The molecule has 0 aromatic carbocycles. The molecule has 0 aliphatic heterocycles. The van der Waals surface area contributed by atoms with Gasteiger partial charge < -0.3 is 9.84 Å². The van der Waals surface area contributed by atoms with Crippen molar-refractivity contribution in [2.24, 2.45) is 0 Å². The molecule has 0 unspecified atom stereocenters. The summed E-state index contributed by atoms with van der Waals surface area (Å²) in [7, 11) is 0. The number of hydrogen-bond donors (Lipinski definition) is 1. The summed E-state index contributed by atoms with van der Waals surface area (Å²) >= 11 is 0. The molecule has 0 spiro atoms. The molecule has 0 saturated heterocycles. The average molecular weight is 186 g/mol. The summed E-state index contributed by atoms with van der Waals surface area (Å²) in [6, 6.07) is 0. The number of allylic oxidation sites excluding steroid dienone is 1. The fourth-order valence-electron chi connectivity index (χ4n) is 1.27. The quantitative estimate of drug-likeness (QED) is 0.538. The van der Waals surface area contributed by atoms with Crippen molar-refractivity contribution in [3.05, 3.63) is 11.1 Å². The van der Waals surface area contributed by atoms with Crippen LogP contribution in [0.4, 0.5) is 0 Å². The van der Waals surface area contributed by atoms with Gasteiger partial charge in [-0.15, -0.1) is 0 Å². The average Bonchev–Trinajstić information content (AvgIpc) is 1.82. The first kappa shape index (κ1) is 12.2. The van der Waals surface area contributed by atoms with E-state index >= 15 is 0 Å². The summed E-state index contributed by atoms with van der Waals surface area (Å²) in [5.74, 6) is -0.435. The predicted molar refractivity (Wildman–Crippen MR) is 51.3 cm³/mol. The lowest BCUT2D eigenvalue weighted by Gasteiger charge is -2.21. The number of rotatable bonds is 3. The molecular formula is C10H18O3. The number of ether oxygens (including phenoxy) is 1. The molecule has 13 heavy (non-hydrogen) atoms. The van der Waals surface area contributed by atoms with E-state index in [-0.39, 0.29) is 0 Å². The highest BCUT2D eigenvalue weighted by Gasteiger charge is 2.27. The molecule has 0 amide bonds. The van der Waals surface area contributed by atoms with Gasteiger partial charge in [0.15, 0.2) is 0 Å². The third-order valence-electron chi connectivity index (χ3n) is 1.59. The molecule has 0 radical (unpaired) electrons. The molecule has 0 aromatic rings. The number of carbonyl (C=O) groups is 1. The first-order chi connectivity index (χ1) is 5.80. The standard InChI is InChI=1S/C10H18O3/c1-6-13-9(11)8(7(2)3)10(4,5)12/h12H,6H2,1-5H3. The lowest BCUT2D eigenvalue weighted by molar-refractivity contribution is -0.140. The van der Waals surface area contributed by atoms with E-state index < -0.39 is 11.6 Å². The van der Waals surface area contributed by atoms with Crippen LogP contribution in [0, 0.1) is 0 Å². The van der Waals surface area contributed by atoms with E-state index in [9.17, 15) is 9.90 Å². The maximum absolute atomic E-state index is 11.4. The topological polar surface area (TPSA) is 46.5 Å². The highest BCUT2D eigenvalue weighted by molar-refractivity contribution is 5.91. The zero-order valence-electron chi connectivity index (χ0n) is 8.97. The molecule has 0 saturated carbocycles. The molecule has 0 rings (SSSR count). The lowest BCUT2D eigenvalue weighted by atomic mass is 9.94. The minimum atomic E-state index is -1.13. The van der Waals surface area contributed by atoms with Gasteiger partial charge in [-0.2, -0.15) is 0 Å². The monoisotopic (exact) mass is 186 g/mol. The lowest BCUT2D eigenvalue weighted by Crippen LogP contribution is -2.29. The number of aliphatic hydroxyl groups is 1. The van der Waals surface area contributed by atoms with Crippen LogP contribution in [-0.2, 0) is 9.53 Å². The SMILES string of the molecule is CCOC(=O)C(=C(C)C)C(C)(C)O. The minimum absolute atomic E-state index is 0.325. The zero-order chi connectivity index (χ0) is 10.6. The Morgan fingerprint density at radius 1 is 1.38 bits per heavy atom. The molecule has 0 fully saturated rings. The smallest absolute Gasteiger partial charge is 0.336 e. The molecule has 76 valence electrons. The fourth-order valence-corrected chi connectivity index (χ4v) is 1.27. The Morgan fingerprint density at radius 3 is 2.08 bits per heavy atom. The number of hydrogen-bond acceptors (Lipinski definition) is 3. The molecule has 0 aromatic heterocycles. The molecule has 3 heteroatoms. The third-order valence-corrected chi connectivity index (χ3v) is 1.59. The van der Waals surface area contributed by atoms with Crippen LogP contribution in [-0.4, -0.2) is 23.3 Å². The third kappa shape index (κ3) is 3.59. The van der Waals surface area contributed by atoms with Gasteiger partial charge in [0, 0.05) is 0 Å². The Kier molecular flexibility index (Phi) is 4.14. The summed E-state index contributed by atoms with van der Waals surface area (Å²) in [5.41, 5.74) is -0.00856. The van der Waals surface area contributed by atoms with E-state index in [1.54, 1.807) is 34.6 Å². The van der Waals surface area contributed by atoms with Gasteiger partial charge in [0.25, 0.3) is 0 Å². The van der Waals surface area contributed by atoms with Crippen molar-refractivity contribution >= 4 is 5.97 Å². The van der Waals surface area contributed by atoms with Gasteiger partial charge in [0.05, 0.1) is 17.8 Å². The molecule has 0 heterocycles. The van der Waals surface area contributed by atoms with Crippen molar-refractivity contribution in [3.8, 4) is 0 Å². The maximum atomic E-state index is 11.4. The first-order valence-electron chi connectivity index (χ1n) is 4.38. The maximum Gasteiger partial charge on any atom is 0.336 e. The Labute approximate surface area is 79.4 Å². The number of carbonyl (C=O) groups excluding carboxylic acids is 1. The summed E-state index contributed by atoms with van der Waals surface area (Å²) in [5, 5.41) is 9.69. The van der Waals surface area contributed by atoms with Crippen molar-refractivity contribution in [2.45, 2.75) is 40.2 Å². The van der Waals surface area contributed by atoms with Crippen molar-refractivity contribution in [2.75, 3.05) is 6.61 Å². The fraction of sp³-hybridized carbons (Fsp3) is 0.700. The van der Waals surface area contributed by atoms with E-state index in [2.05, 4.69) is 0 Å². The Balaban J connectivity index is 4.87. The molecule has 0 atom stereocenters. The highest BCUT2D eigenvalue weighted by atomic mass is 16.5. The van der Waals surface area contributed by atoms with Gasteiger partial charge in [0.1, 0.15) is 0 Å². The van der Waals surface area contributed by atoms with Gasteiger partial charge in [-0.05, 0) is 34.6 Å². The van der Waals surface area contributed by atoms with Crippen molar-refractivity contribution in [1.29, 1.82) is 0 Å². The van der Waals surface area contributed by atoms with Crippen molar-refractivity contribution in [1.82, 2.24) is 0 Å². The van der Waals surface area contributed by atoms with Crippen LogP contribution >= 0.6 is 0 Å². The summed E-state index contributed by atoms with van der Waals surface area (Å²) in [6.45, 7) is 8.78.